The molecule has 68 heavy (non-hydrogen) atoms. The van der Waals surface area contributed by atoms with Gasteiger partial charge >= 0.3 is 0 Å². The Morgan fingerprint density at radius 2 is 0.662 bits per heavy atom. The van der Waals surface area contributed by atoms with Crippen LogP contribution in [0.15, 0.2) is 231 Å². The molecular formula is C63H38N4S. The summed E-state index contributed by atoms with van der Waals surface area (Å²) < 4.78 is 4.77. The molecule has 14 aromatic rings. The van der Waals surface area contributed by atoms with E-state index in [1.54, 1.807) is 0 Å². The number of fused-ring (bicyclic) bond motifs is 12. The third kappa shape index (κ3) is 6.24. The number of thiophene rings is 1. The molecule has 0 fully saturated rings. The van der Waals surface area contributed by atoms with Gasteiger partial charge in [-0.25, -0.2) is 15.0 Å². The maximum atomic E-state index is 5.23. The van der Waals surface area contributed by atoms with Gasteiger partial charge in [0.05, 0.1) is 11.0 Å². The summed E-state index contributed by atoms with van der Waals surface area (Å²) in [6, 6.07) is 82.9. The van der Waals surface area contributed by atoms with E-state index in [0.29, 0.717) is 17.5 Å². The van der Waals surface area contributed by atoms with Crippen LogP contribution in [0.1, 0.15) is 0 Å². The minimum Gasteiger partial charge on any atom is -0.309 e. The van der Waals surface area contributed by atoms with Gasteiger partial charge in [0, 0.05) is 53.3 Å². The van der Waals surface area contributed by atoms with E-state index >= 15 is 0 Å². The van der Waals surface area contributed by atoms with Crippen molar-refractivity contribution < 1.29 is 0 Å². The highest BCUT2D eigenvalue weighted by molar-refractivity contribution is 7.25. The lowest BCUT2D eigenvalue weighted by Crippen LogP contribution is -2.00. The third-order valence-corrected chi connectivity index (χ3v) is 14.7. The fourth-order valence-electron chi connectivity index (χ4n) is 10.4. The van der Waals surface area contributed by atoms with E-state index in [9.17, 15) is 0 Å². The molecule has 0 saturated heterocycles. The monoisotopic (exact) mass is 882 g/mol. The first-order chi connectivity index (χ1) is 33.7. The van der Waals surface area contributed by atoms with Crippen molar-refractivity contribution in [2.75, 3.05) is 0 Å². The van der Waals surface area contributed by atoms with Crippen LogP contribution in [-0.4, -0.2) is 19.5 Å². The molecule has 0 saturated carbocycles. The van der Waals surface area contributed by atoms with Crippen molar-refractivity contribution in [2.24, 2.45) is 0 Å². The van der Waals surface area contributed by atoms with Crippen molar-refractivity contribution in [3.8, 4) is 62.1 Å². The molecule has 0 aliphatic carbocycles. The van der Waals surface area contributed by atoms with Crippen LogP contribution in [0.25, 0.3) is 136 Å². The van der Waals surface area contributed by atoms with E-state index in [0.717, 1.165) is 33.4 Å². The van der Waals surface area contributed by atoms with Gasteiger partial charge < -0.3 is 4.57 Å². The average molecular weight is 883 g/mol. The maximum absolute atomic E-state index is 5.23. The predicted octanol–water partition coefficient (Wildman–Crippen LogP) is 17.1. The van der Waals surface area contributed by atoms with Crippen LogP contribution in [0.4, 0.5) is 0 Å². The first-order valence-electron chi connectivity index (χ1n) is 23.0. The molecule has 0 amide bonds. The van der Waals surface area contributed by atoms with Crippen molar-refractivity contribution >= 4 is 85.6 Å². The van der Waals surface area contributed by atoms with Gasteiger partial charge in [-0.3, -0.25) is 0 Å². The molecule has 4 nitrogen and oxygen atoms in total. The number of hydrogen-bond donors (Lipinski definition) is 0. The van der Waals surface area contributed by atoms with Crippen molar-refractivity contribution in [2.45, 2.75) is 0 Å². The van der Waals surface area contributed by atoms with E-state index in [-0.39, 0.29) is 0 Å². The Labute approximate surface area is 395 Å². The summed E-state index contributed by atoms with van der Waals surface area (Å²) in [5.41, 5.74) is 11.0. The molecule has 14 rings (SSSR count). The van der Waals surface area contributed by atoms with Crippen molar-refractivity contribution in [3.05, 3.63) is 231 Å². The van der Waals surface area contributed by atoms with Crippen LogP contribution in [0, 0.1) is 0 Å². The smallest absolute Gasteiger partial charge is 0.164 e. The number of hydrogen-bond acceptors (Lipinski definition) is 4. The summed E-state index contributed by atoms with van der Waals surface area (Å²) in [4.78, 5) is 15.5. The van der Waals surface area contributed by atoms with E-state index in [2.05, 4.69) is 217 Å². The summed E-state index contributed by atoms with van der Waals surface area (Å²) in [5, 5.41) is 12.6. The Balaban J connectivity index is 0.849. The van der Waals surface area contributed by atoms with Crippen molar-refractivity contribution in [1.82, 2.24) is 19.5 Å². The summed E-state index contributed by atoms with van der Waals surface area (Å²) in [6.45, 7) is 0. The molecule has 0 spiro atoms. The Hall–Kier alpha value is -8.77. The van der Waals surface area contributed by atoms with Gasteiger partial charge in [0.15, 0.2) is 17.5 Å². The summed E-state index contributed by atoms with van der Waals surface area (Å²) in [7, 11) is 0. The Kier molecular flexibility index (Phi) is 8.73. The van der Waals surface area contributed by atoms with Gasteiger partial charge in [0.2, 0.25) is 0 Å². The normalized spacial score (nSPS) is 11.8. The van der Waals surface area contributed by atoms with Gasteiger partial charge in [-0.1, -0.05) is 182 Å². The lowest BCUT2D eigenvalue weighted by Gasteiger charge is -2.12. The Morgan fingerprint density at radius 3 is 1.31 bits per heavy atom. The maximum Gasteiger partial charge on any atom is 0.164 e. The van der Waals surface area contributed by atoms with Gasteiger partial charge in [-0.15, -0.1) is 11.3 Å². The van der Waals surface area contributed by atoms with Crippen LogP contribution in [-0.2, 0) is 0 Å². The lowest BCUT2D eigenvalue weighted by atomic mass is 9.91. The fourth-order valence-corrected chi connectivity index (χ4v) is 11.6. The van der Waals surface area contributed by atoms with Crippen LogP contribution in [0.3, 0.4) is 0 Å². The fraction of sp³-hybridized carbons (Fsp3) is 0. The van der Waals surface area contributed by atoms with E-state index in [1.807, 2.05) is 29.5 Å². The summed E-state index contributed by atoms with van der Waals surface area (Å²) >= 11 is 1.81. The molecular weight excluding hydrogens is 845 g/mol. The van der Waals surface area contributed by atoms with Gasteiger partial charge in [0.1, 0.15) is 0 Å². The van der Waals surface area contributed by atoms with Crippen LogP contribution < -0.4 is 0 Å². The first kappa shape index (κ1) is 38.5. The van der Waals surface area contributed by atoms with E-state index in [1.165, 1.54) is 85.5 Å². The molecule has 0 aliphatic rings. The predicted molar refractivity (Wildman–Crippen MR) is 287 cm³/mol. The second kappa shape index (κ2) is 15.4. The Bertz CT molecular complexity index is 4290. The Morgan fingerprint density at radius 1 is 0.250 bits per heavy atom. The quantitative estimate of drug-likeness (QED) is 0.156. The SMILES string of the molecule is c1ccc(-c2nc(-c3ccc4c(c3)sc3cc(-c5cccc(-c6ccc7c8ccccc8c8ccccc8c7c6)c5)ccc34)nc(-c3ccc4c5ccccc5n(-c5ccccc5)c4c3)n2)cc1. The number of rotatable bonds is 6. The van der Waals surface area contributed by atoms with E-state index < -0.39 is 0 Å². The molecule has 0 N–H and O–H groups in total. The van der Waals surface area contributed by atoms with Gasteiger partial charge in [0.25, 0.3) is 0 Å². The molecule has 316 valence electrons. The number of nitrogens with zero attached hydrogens (tertiary/aromatic N) is 4. The zero-order valence-electron chi connectivity index (χ0n) is 36.6. The molecule has 0 radical (unpaired) electrons. The van der Waals surface area contributed by atoms with E-state index in [4.69, 9.17) is 15.0 Å². The molecule has 0 bridgehead atoms. The molecule has 0 unspecified atom stereocenters. The molecule has 11 aromatic carbocycles. The highest BCUT2D eigenvalue weighted by Gasteiger charge is 2.18. The van der Waals surface area contributed by atoms with Crippen molar-refractivity contribution in [1.29, 1.82) is 0 Å². The average Bonchev–Trinajstić information content (AvgIpc) is 3.96. The van der Waals surface area contributed by atoms with Crippen LogP contribution in [0.2, 0.25) is 0 Å². The van der Waals surface area contributed by atoms with Gasteiger partial charge in [-0.2, -0.15) is 0 Å². The molecule has 0 atom stereocenters. The third-order valence-electron chi connectivity index (χ3n) is 13.6. The van der Waals surface area contributed by atoms with Gasteiger partial charge in [-0.05, 0) is 103 Å². The van der Waals surface area contributed by atoms with Crippen LogP contribution in [0.5, 0.6) is 0 Å². The second-order valence-corrected chi connectivity index (χ2v) is 18.6. The zero-order valence-corrected chi connectivity index (χ0v) is 37.5. The largest absolute Gasteiger partial charge is 0.309 e. The topological polar surface area (TPSA) is 43.6 Å². The number of benzene rings is 11. The summed E-state index contributed by atoms with van der Waals surface area (Å²) in [5.74, 6) is 1.92. The minimum absolute atomic E-state index is 0.634. The molecule has 3 aromatic heterocycles. The second-order valence-electron chi connectivity index (χ2n) is 17.5. The standard InChI is InChI=1S/C63H38N4S/c1-3-14-39(15-4-1)61-64-62(44-28-31-53-52-24-11-12-25-57(52)67(58(53)36-44)46-18-5-2-6-19-46)66-63(65-61)45-29-33-55-54-32-27-43(37-59(54)68-60(55)38-45)41-17-13-16-40(34-41)42-26-30-51-49-22-8-7-20-47(49)48-21-9-10-23-50(48)56(51)35-42/h1-38H. The molecule has 3 heterocycles. The zero-order chi connectivity index (χ0) is 44.7. The lowest BCUT2D eigenvalue weighted by molar-refractivity contribution is 1.07. The summed E-state index contributed by atoms with van der Waals surface area (Å²) in [6.07, 6.45) is 0. The number of para-hydroxylation sites is 2. The minimum atomic E-state index is 0.634. The number of aromatic nitrogens is 4. The first-order valence-corrected chi connectivity index (χ1v) is 23.8. The van der Waals surface area contributed by atoms with Crippen LogP contribution >= 0.6 is 11.3 Å². The van der Waals surface area contributed by atoms with Crippen molar-refractivity contribution in [3.63, 3.8) is 0 Å². The highest BCUT2D eigenvalue weighted by atomic mass is 32.1. The molecule has 5 heteroatoms. The highest BCUT2D eigenvalue weighted by Crippen LogP contribution is 2.41. The molecule has 0 aliphatic heterocycles.